The smallest absolute Gasteiger partial charge is 0.265 e. The molecule has 4 heteroatoms. The molecule has 1 N–H and O–H groups in total. The van der Waals surface area contributed by atoms with Gasteiger partial charge in [0.25, 0.3) is 5.56 Å². The van der Waals surface area contributed by atoms with Gasteiger partial charge in [-0.05, 0) is 33.8 Å². The lowest BCUT2D eigenvalue weighted by molar-refractivity contribution is 0.647. The molecule has 18 heavy (non-hydrogen) atoms. The maximum atomic E-state index is 11.5. The third-order valence-electron chi connectivity index (χ3n) is 2.63. The summed E-state index contributed by atoms with van der Waals surface area (Å²) in [6.07, 6.45) is 2.58. The third-order valence-corrected chi connectivity index (χ3v) is 3.19. The zero-order chi connectivity index (χ0) is 13.1. The van der Waals surface area contributed by atoms with Gasteiger partial charge in [0.05, 0.1) is 0 Å². The molecule has 0 aliphatic carbocycles. The summed E-state index contributed by atoms with van der Waals surface area (Å²) in [5, 5.41) is 0. The number of rotatable bonds is 3. The fourth-order valence-corrected chi connectivity index (χ4v) is 2.00. The molecule has 0 fully saturated rings. The van der Waals surface area contributed by atoms with E-state index in [4.69, 9.17) is 0 Å². The van der Waals surface area contributed by atoms with Crippen LogP contribution in [0.15, 0.2) is 39.7 Å². The molecular weight excluding hydrogens is 292 g/mol. The van der Waals surface area contributed by atoms with Crippen molar-refractivity contribution in [2.75, 3.05) is 0 Å². The lowest BCUT2D eigenvalue weighted by Gasteiger charge is -2.06. The molecular formula is C14H15BrN2O. The highest BCUT2D eigenvalue weighted by atomic mass is 79.9. The third kappa shape index (κ3) is 3.07. The number of benzene rings is 1. The minimum atomic E-state index is -0.161. The maximum absolute atomic E-state index is 11.5. The molecule has 1 aromatic carbocycles. The van der Waals surface area contributed by atoms with E-state index in [0.717, 1.165) is 12.0 Å². The Morgan fingerprint density at radius 3 is 2.50 bits per heavy atom. The second-order valence-electron chi connectivity index (χ2n) is 4.70. The number of nitrogens with one attached hydrogen (secondary N) is 1. The Labute approximate surface area is 114 Å². The summed E-state index contributed by atoms with van der Waals surface area (Å²) in [5.41, 5.74) is 2.06. The van der Waals surface area contributed by atoms with E-state index in [1.807, 2.05) is 12.1 Å². The molecule has 94 valence electrons. The van der Waals surface area contributed by atoms with Crippen molar-refractivity contribution in [3.05, 3.63) is 50.9 Å². The minimum absolute atomic E-state index is 0.161. The zero-order valence-corrected chi connectivity index (χ0v) is 12.0. The summed E-state index contributed by atoms with van der Waals surface area (Å²) >= 11 is 3.13. The predicted octanol–water partition coefficient (Wildman–Crippen LogP) is 3.40. The predicted molar refractivity (Wildman–Crippen MR) is 76.5 cm³/mol. The molecule has 0 saturated carbocycles. The standard InChI is InChI=1S/C14H15BrN2O/c1-9(2)7-10-3-5-11(6-4-10)13-16-8-12(15)14(18)17-13/h3-6,8-9H,7H2,1-2H3,(H,16,17,18). The molecule has 2 aromatic rings. The van der Waals surface area contributed by atoms with Crippen molar-refractivity contribution in [1.29, 1.82) is 0 Å². The van der Waals surface area contributed by atoms with Crippen LogP contribution in [-0.4, -0.2) is 9.97 Å². The number of H-pyrrole nitrogens is 1. The Morgan fingerprint density at radius 2 is 1.94 bits per heavy atom. The van der Waals surface area contributed by atoms with Crippen molar-refractivity contribution < 1.29 is 0 Å². The lowest BCUT2D eigenvalue weighted by atomic mass is 10.0. The Kier molecular flexibility index (Phi) is 3.97. The van der Waals surface area contributed by atoms with Crippen molar-refractivity contribution in [2.45, 2.75) is 20.3 Å². The van der Waals surface area contributed by atoms with E-state index in [1.54, 1.807) is 0 Å². The van der Waals surface area contributed by atoms with E-state index in [1.165, 1.54) is 11.8 Å². The first kappa shape index (κ1) is 13.0. The highest BCUT2D eigenvalue weighted by molar-refractivity contribution is 9.10. The van der Waals surface area contributed by atoms with Gasteiger partial charge in [0, 0.05) is 11.8 Å². The lowest BCUT2D eigenvalue weighted by Crippen LogP contribution is -2.08. The molecule has 1 aromatic heterocycles. The van der Waals surface area contributed by atoms with Gasteiger partial charge in [-0.1, -0.05) is 38.1 Å². The van der Waals surface area contributed by atoms with Crippen LogP contribution in [0.1, 0.15) is 19.4 Å². The van der Waals surface area contributed by atoms with Crippen LogP contribution in [0.25, 0.3) is 11.4 Å². The van der Waals surface area contributed by atoms with Gasteiger partial charge in [-0.15, -0.1) is 0 Å². The summed E-state index contributed by atoms with van der Waals surface area (Å²) < 4.78 is 0.447. The molecule has 1 heterocycles. The molecule has 0 amide bonds. The van der Waals surface area contributed by atoms with Crippen molar-refractivity contribution in [1.82, 2.24) is 9.97 Å². The SMILES string of the molecule is CC(C)Cc1ccc(-c2ncc(Br)c(=O)[nH]2)cc1. The molecule has 0 spiro atoms. The molecule has 0 aliphatic rings. The second-order valence-corrected chi connectivity index (χ2v) is 5.56. The number of hydrogen-bond acceptors (Lipinski definition) is 2. The van der Waals surface area contributed by atoms with Gasteiger partial charge in [-0.25, -0.2) is 4.98 Å². The molecule has 0 saturated heterocycles. The Hall–Kier alpha value is -1.42. The molecule has 0 aliphatic heterocycles. The topological polar surface area (TPSA) is 45.8 Å². The van der Waals surface area contributed by atoms with Crippen LogP contribution in [0, 0.1) is 5.92 Å². The van der Waals surface area contributed by atoms with Gasteiger partial charge in [0.2, 0.25) is 0 Å². The van der Waals surface area contributed by atoms with E-state index in [2.05, 4.69) is 51.9 Å². The molecule has 0 radical (unpaired) electrons. The van der Waals surface area contributed by atoms with Crippen LogP contribution in [0.2, 0.25) is 0 Å². The van der Waals surface area contributed by atoms with Gasteiger partial charge in [0.15, 0.2) is 0 Å². The highest BCUT2D eigenvalue weighted by Crippen LogP contribution is 2.16. The Balaban J connectivity index is 2.28. The van der Waals surface area contributed by atoms with E-state index in [-0.39, 0.29) is 5.56 Å². The van der Waals surface area contributed by atoms with Gasteiger partial charge >= 0.3 is 0 Å². The molecule has 2 rings (SSSR count). The highest BCUT2D eigenvalue weighted by Gasteiger charge is 2.03. The number of aromatic amines is 1. The quantitative estimate of drug-likeness (QED) is 0.944. The van der Waals surface area contributed by atoms with Crippen LogP contribution in [0.4, 0.5) is 0 Å². The summed E-state index contributed by atoms with van der Waals surface area (Å²) in [4.78, 5) is 18.4. The summed E-state index contributed by atoms with van der Waals surface area (Å²) in [5.74, 6) is 1.24. The number of hydrogen-bond donors (Lipinski definition) is 1. The number of nitrogens with zero attached hydrogens (tertiary/aromatic N) is 1. The summed E-state index contributed by atoms with van der Waals surface area (Å²) in [7, 11) is 0. The second kappa shape index (κ2) is 5.48. The van der Waals surface area contributed by atoms with Gasteiger partial charge < -0.3 is 4.98 Å². The maximum Gasteiger partial charge on any atom is 0.265 e. The molecule has 0 unspecified atom stereocenters. The van der Waals surface area contributed by atoms with Crippen molar-refractivity contribution >= 4 is 15.9 Å². The average molecular weight is 307 g/mol. The van der Waals surface area contributed by atoms with Gasteiger partial charge in [-0.3, -0.25) is 4.79 Å². The molecule has 3 nitrogen and oxygen atoms in total. The number of halogens is 1. The largest absolute Gasteiger partial charge is 0.306 e. The van der Waals surface area contributed by atoms with Crippen LogP contribution in [-0.2, 0) is 6.42 Å². The first-order chi connectivity index (χ1) is 8.56. The molecule has 0 atom stereocenters. The van der Waals surface area contributed by atoms with E-state index >= 15 is 0 Å². The van der Waals surface area contributed by atoms with Crippen molar-refractivity contribution in [2.24, 2.45) is 5.92 Å². The molecule has 0 bridgehead atoms. The van der Waals surface area contributed by atoms with Crippen LogP contribution in [0.3, 0.4) is 0 Å². The fraction of sp³-hybridized carbons (Fsp3) is 0.286. The van der Waals surface area contributed by atoms with E-state index in [0.29, 0.717) is 16.2 Å². The van der Waals surface area contributed by atoms with Gasteiger partial charge in [0.1, 0.15) is 10.3 Å². The fourth-order valence-electron chi connectivity index (χ4n) is 1.80. The first-order valence-electron chi connectivity index (χ1n) is 5.90. The Bertz CT molecular complexity index is 587. The van der Waals surface area contributed by atoms with Crippen LogP contribution >= 0.6 is 15.9 Å². The minimum Gasteiger partial charge on any atom is -0.306 e. The van der Waals surface area contributed by atoms with Crippen LogP contribution in [0.5, 0.6) is 0 Å². The van der Waals surface area contributed by atoms with Gasteiger partial charge in [-0.2, -0.15) is 0 Å². The average Bonchev–Trinajstić information content (AvgIpc) is 2.33. The van der Waals surface area contributed by atoms with Crippen molar-refractivity contribution in [3.63, 3.8) is 0 Å². The normalized spacial score (nSPS) is 10.9. The first-order valence-corrected chi connectivity index (χ1v) is 6.69. The zero-order valence-electron chi connectivity index (χ0n) is 10.4. The number of aromatic nitrogens is 2. The van der Waals surface area contributed by atoms with E-state index in [9.17, 15) is 4.79 Å². The summed E-state index contributed by atoms with van der Waals surface area (Å²) in [6, 6.07) is 8.14. The summed E-state index contributed by atoms with van der Waals surface area (Å²) in [6.45, 7) is 4.39. The van der Waals surface area contributed by atoms with E-state index < -0.39 is 0 Å². The van der Waals surface area contributed by atoms with Crippen LogP contribution < -0.4 is 5.56 Å². The van der Waals surface area contributed by atoms with Crippen molar-refractivity contribution in [3.8, 4) is 11.4 Å². The Morgan fingerprint density at radius 1 is 1.28 bits per heavy atom. The monoisotopic (exact) mass is 306 g/mol.